The molecule has 3 heterocycles. The Morgan fingerprint density at radius 2 is 2.22 bits per heavy atom. The third-order valence-corrected chi connectivity index (χ3v) is 3.04. The maximum atomic E-state index is 11.8. The number of nitrogens with one attached hydrogen (secondary N) is 1. The first-order chi connectivity index (χ1) is 8.79. The molecule has 0 spiro atoms. The maximum absolute atomic E-state index is 11.8. The molecule has 0 saturated carbocycles. The second-order valence-electron chi connectivity index (χ2n) is 3.56. The average molecular weight is 259 g/mol. The van der Waals surface area contributed by atoms with Crippen LogP contribution >= 0.6 is 11.8 Å². The van der Waals surface area contributed by atoms with Crippen LogP contribution in [-0.2, 0) is 0 Å². The predicted molar refractivity (Wildman–Crippen MR) is 69.1 cm³/mol. The highest BCUT2D eigenvalue weighted by atomic mass is 32.2. The first-order valence-corrected chi connectivity index (χ1v) is 6.45. The minimum atomic E-state index is -0.219. The van der Waals surface area contributed by atoms with Crippen LogP contribution in [0.1, 0.15) is 0 Å². The highest BCUT2D eigenvalue weighted by molar-refractivity contribution is 7.98. The molecule has 0 aliphatic heterocycles. The van der Waals surface area contributed by atoms with Gasteiger partial charge in [0, 0.05) is 12.4 Å². The minimum Gasteiger partial charge on any atom is -0.267 e. The molecule has 7 heteroatoms. The molecule has 0 radical (unpaired) electrons. The molecule has 18 heavy (non-hydrogen) atoms. The van der Waals surface area contributed by atoms with E-state index in [0.717, 1.165) is 0 Å². The number of hydrogen-bond acceptors (Lipinski definition) is 5. The van der Waals surface area contributed by atoms with Crippen molar-refractivity contribution in [2.45, 2.75) is 5.16 Å². The first kappa shape index (κ1) is 11.0. The number of aromatic amines is 1. The molecule has 6 nitrogen and oxygen atoms in total. The minimum absolute atomic E-state index is 0.219. The number of rotatable bonds is 2. The van der Waals surface area contributed by atoms with E-state index in [-0.39, 0.29) is 5.56 Å². The molecule has 0 saturated heterocycles. The van der Waals surface area contributed by atoms with E-state index in [1.165, 1.54) is 18.0 Å². The van der Waals surface area contributed by atoms with Gasteiger partial charge in [-0.3, -0.25) is 9.89 Å². The van der Waals surface area contributed by atoms with Crippen molar-refractivity contribution in [1.82, 2.24) is 24.7 Å². The topological polar surface area (TPSA) is 76.5 Å². The molecular weight excluding hydrogens is 250 g/mol. The van der Waals surface area contributed by atoms with E-state index in [9.17, 15) is 4.79 Å². The van der Waals surface area contributed by atoms with Gasteiger partial charge in [-0.2, -0.15) is 0 Å². The Morgan fingerprint density at radius 3 is 2.94 bits per heavy atom. The van der Waals surface area contributed by atoms with Gasteiger partial charge in [0.1, 0.15) is 5.39 Å². The molecule has 0 atom stereocenters. The van der Waals surface area contributed by atoms with E-state index >= 15 is 0 Å². The average Bonchev–Trinajstić information content (AvgIpc) is 2.76. The van der Waals surface area contributed by atoms with Crippen LogP contribution in [0.15, 0.2) is 40.5 Å². The third-order valence-electron chi connectivity index (χ3n) is 2.48. The van der Waals surface area contributed by atoms with E-state index in [1.807, 2.05) is 18.4 Å². The summed E-state index contributed by atoms with van der Waals surface area (Å²) < 4.78 is 1.57. The monoisotopic (exact) mass is 259 g/mol. The van der Waals surface area contributed by atoms with Crippen LogP contribution in [-0.4, -0.2) is 31.0 Å². The lowest BCUT2D eigenvalue weighted by Gasteiger charge is -2.02. The zero-order chi connectivity index (χ0) is 12.5. The summed E-state index contributed by atoms with van der Waals surface area (Å²) >= 11 is 1.42. The lowest BCUT2D eigenvalue weighted by Crippen LogP contribution is -2.05. The molecule has 1 N–H and O–H groups in total. The lowest BCUT2D eigenvalue weighted by atomic mass is 10.4. The quantitative estimate of drug-likeness (QED) is 0.553. The van der Waals surface area contributed by atoms with Crippen LogP contribution in [0.4, 0.5) is 0 Å². The fourth-order valence-electron chi connectivity index (χ4n) is 1.65. The van der Waals surface area contributed by atoms with Crippen LogP contribution in [0.2, 0.25) is 0 Å². The zero-order valence-electron chi connectivity index (χ0n) is 9.49. The summed E-state index contributed by atoms with van der Waals surface area (Å²) in [4.78, 5) is 24.4. The summed E-state index contributed by atoms with van der Waals surface area (Å²) in [6.07, 6.45) is 5.08. The van der Waals surface area contributed by atoms with E-state index in [1.54, 1.807) is 16.9 Å². The van der Waals surface area contributed by atoms with E-state index in [2.05, 4.69) is 20.1 Å². The molecule has 90 valence electrons. The van der Waals surface area contributed by atoms with Gasteiger partial charge in [-0.15, -0.1) is 0 Å². The van der Waals surface area contributed by atoms with Crippen molar-refractivity contribution >= 4 is 22.8 Å². The van der Waals surface area contributed by atoms with Crippen molar-refractivity contribution in [3.8, 4) is 5.82 Å². The maximum Gasteiger partial charge on any atom is 0.275 e. The molecule has 3 rings (SSSR count). The highest BCUT2D eigenvalue weighted by Crippen LogP contribution is 2.14. The fraction of sp³-hybridized carbons (Fsp3) is 0.0909. The smallest absolute Gasteiger partial charge is 0.267 e. The summed E-state index contributed by atoms with van der Waals surface area (Å²) in [5.41, 5.74) is 0.321. The molecule has 3 aromatic rings. The fourth-order valence-corrected chi connectivity index (χ4v) is 1.99. The van der Waals surface area contributed by atoms with Gasteiger partial charge >= 0.3 is 0 Å². The third kappa shape index (κ3) is 1.68. The Balaban J connectivity index is 2.33. The Kier molecular flexibility index (Phi) is 2.60. The van der Waals surface area contributed by atoms with Gasteiger partial charge in [0.25, 0.3) is 5.56 Å². The van der Waals surface area contributed by atoms with Gasteiger partial charge in [-0.05, 0) is 18.4 Å². The highest BCUT2D eigenvalue weighted by Gasteiger charge is 2.11. The van der Waals surface area contributed by atoms with Crippen molar-refractivity contribution in [3.63, 3.8) is 0 Å². The van der Waals surface area contributed by atoms with Crippen molar-refractivity contribution in [3.05, 3.63) is 40.9 Å². The standard InChI is InChI=1S/C11H9N5OS/c1-18-11-13-6-7-9(14-11)16(15-10(7)17)8-4-2-3-5-12-8/h2-6H,1H3,(H,15,17). The molecule has 0 aliphatic carbocycles. The van der Waals surface area contributed by atoms with Crippen molar-refractivity contribution < 1.29 is 0 Å². The SMILES string of the molecule is CSc1ncc2c(=O)[nH]n(-c3ccccn3)c2n1. The molecule has 0 amide bonds. The van der Waals surface area contributed by atoms with Gasteiger partial charge < -0.3 is 0 Å². The van der Waals surface area contributed by atoms with Crippen LogP contribution in [0, 0.1) is 0 Å². The summed E-state index contributed by atoms with van der Waals surface area (Å²) in [6.45, 7) is 0. The molecule has 0 unspecified atom stereocenters. The molecule has 0 aromatic carbocycles. The molecule has 0 bridgehead atoms. The number of aromatic nitrogens is 5. The normalized spacial score (nSPS) is 10.9. The number of fused-ring (bicyclic) bond motifs is 1. The summed E-state index contributed by atoms with van der Waals surface area (Å²) in [5, 5.41) is 3.78. The van der Waals surface area contributed by atoms with Gasteiger partial charge in [-0.1, -0.05) is 17.8 Å². The van der Waals surface area contributed by atoms with Gasteiger partial charge in [0.15, 0.2) is 16.6 Å². The summed E-state index contributed by atoms with van der Waals surface area (Å²) in [5.74, 6) is 0.621. The Labute approximate surface area is 106 Å². The Bertz CT molecular complexity index is 749. The molecular formula is C11H9N5OS. The molecule has 0 aliphatic rings. The van der Waals surface area contributed by atoms with Crippen molar-refractivity contribution in [2.24, 2.45) is 0 Å². The predicted octanol–water partition coefficient (Wildman–Crippen LogP) is 1.23. The Morgan fingerprint density at radius 1 is 1.33 bits per heavy atom. The Hall–Kier alpha value is -2.15. The van der Waals surface area contributed by atoms with E-state index < -0.39 is 0 Å². The second-order valence-corrected chi connectivity index (χ2v) is 4.33. The number of pyridine rings is 1. The summed E-state index contributed by atoms with van der Waals surface area (Å²) in [6, 6.07) is 5.47. The number of nitrogens with zero attached hydrogens (tertiary/aromatic N) is 4. The van der Waals surface area contributed by atoms with Gasteiger partial charge in [0.2, 0.25) is 0 Å². The van der Waals surface area contributed by atoms with Crippen molar-refractivity contribution in [2.75, 3.05) is 6.26 Å². The van der Waals surface area contributed by atoms with Crippen LogP contribution < -0.4 is 5.56 Å². The number of H-pyrrole nitrogens is 1. The summed E-state index contributed by atoms with van der Waals surface area (Å²) in [7, 11) is 0. The van der Waals surface area contributed by atoms with E-state index in [0.29, 0.717) is 22.0 Å². The van der Waals surface area contributed by atoms with Crippen LogP contribution in [0.25, 0.3) is 16.9 Å². The van der Waals surface area contributed by atoms with Crippen LogP contribution in [0.3, 0.4) is 0 Å². The zero-order valence-corrected chi connectivity index (χ0v) is 10.3. The van der Waals surface area contributed by atoms with Crippen LogP contribution in [0.5, 0.6) is 0 Å². The number of hydrogen-bond donors (Lipinski definition) is 1. The number of thioether (sulfide) groups is 1. The first-order valence-electron chi connectivity index (χ1n) is 5.23. The molecule has 3 aromatic heterocycles. The molecule has 0 fully saturated rings. The van der Waals surface area contributed by atoms with Gasteiger partial charge in [0.05, 0.1) is 0 Å². The van der Waals surface area contributed by atoms with Gasteiger partial charge in [-0.25, -0.2) is 19.6 Å². The van der Waals surface area contributed by atoms with Crippen molar-refractivity contribution in [1.29, 1.82) is 0 Å². The second kappa shape index (κ2) is 4.26. The van der Waals surface area contributed by atoms with E-state index in [4.69, 9.17) is 0 Å². The largest absolute Gasteiger partial charge is 0.275 e. The lowest BCUT2D eigenvalue weighted by molar-refractivity contribution is 0.837.